The molecule has 1 aromatic rings. The Kier molecular flexibility index (Phi) is 4.52. The van der Waals surface area contributed by atoms with Gasteiger partial charge in [-0.15, -0.1) is 0 Å². The summed E-state index contributed by atoms with van der Waals surface area (Å²) in [5.41, 5.74) is 1.39. The van der Waals surface area contributed by atoms with Gasteiger partial charge in [0, 0.05) is 13.1 Å². The van der Waals surface area contributed by atoms with E-state index in [1.54, 1.807) is 11.8 Å². The Labute approximate surface area is 136 Å². The fraction of sp³-hybridized carbons (Fsp3) is 0.588. The van der Waals surface area contributed by atoms with Crippen molar-refractivity contribution in [1.29, 1.82) is 0 Å². The highest BCUT2D eigenvalue weighted by atomic mass is 32.2. The minimum atomic E-state index is 0.139. The Morgan fingerprint density at radius 2 is 2.18 bits per heavy atom. The average Bonchev–Trinajstić information content (AvgIpc) is 2.94. The number of thioether (sulfide) groups is 1. The monoisotopic (exact) mass is 321 g/mol. The molecule has 0 spiro atoms. The zero-order chi connectivity index (χ0) is 15.6. The van der Waals surface area contributed by atoms with Crippen LogP contribution in [0.5, 0.6) is 11.5 Å². The van der Waals surface area contributed by atoms with Crippen LogP contribution >= 0.6 is 11.8 Å². The van der Waals surface area contributed by atoms with Gasteiger partial charge in [0.1, 0.15) is 0 Å². The van der Waals surface area contributed by atoms with Crippen LogP contribution in [0.1, 0.15) is 25.3 Å². The van der Waals surface area contributed by atoms with E-state index < -0.39 is 0 Å². The summed E-state index contributed by atoms with van der Waals surface area (Å²) in [6.45, 7) is 4.35. The lowest BCUT2D eigenvalue weighted by atomic mass is 9.77. The Bertz CT molecular complexity index is 563. The molecule has 22 heavy (non-hydrogen) atoms. The molecule has 1 atom stereocenters. The van der Waals surface area contributed by atoms with Crippen LogP contribution in [-0.4, -0.2) is 42.7 Å². The molecule has 1 amide bonds. The van der Waals surface area contributed by atoms with E-state index in [0.29, 0.717) is 12.5 Å². The van der Waals surface area contributed by atoms with Crippen molar-refractivity contribution in [3.05, 3.63) is 23.8 Å². The highest BCUT2D eigenvalue weighted by Crippen LogP contribution is 2.37. The quantitative estimate of drug-likeness (QED) is 0.855. The van der Waals surface area contributed by atoms with Crippen molar-refractivity contribution in [3.8, 4) is 11.5 Å². The van der Waals surface area contributed by atoms with Crippen LogP contribution < -0.4 is 9.47 Å². The largest absolute Gasteiger partial charge is 0.454 e. The number of fused-ring (bicyclic) bond motifs is 1. The van der Waals surface area contributed by atoms with Gasteiger partial charge >= 0.3 is 0 Å². The molecule has 1 fully saturated rings. The molecule has 0 bridgehead atoms. The minimum Gasteiger partial charge on any atom is -0.454 e. The second kappa shape index (κ2) is 6.41. The third-order valence-corrected chi connectivity index (χ3v) is 5.00. The van der Waals surface area contributed by atoms with E-state index in [2.05, 4.69) is 19.1 Å². The van der Waals surface area contributed by atoms with Crippen LogP contribution in [-0.2, 0) is 11.2 Å². The summed E-state index contributed by atoms with van der Waals surface area (Å²) in [4.78, 5) is 14.2. The smallest absolute Gasteiger partial charge is 0.232 e. The van der Waals surface area contributed by atoms with Gasteiger partial charge < -0.3 is 14.4 Å². The molecule has 0 radical (unpaired) electrons. The summed E-state index contributed by atoms with van der Waals surface area (Å²) < 4.78 is 10.8. The lowest BCUT2D eigenvalue weighted by Crippen LogP contribution is -2.46. The lowest BCUT2D eigenvalue weighted by molar-refractivity contribution is -0.131. The number of carbonyl (C=O) groups excluding carboxylic acids is 1. The Hall–Kier alpha value is -1.36. The van der Waals surface area contributed by atoms with Crippen molar-refractivity contribution in [1.82, 2.24) is 4.90 Å². The number of piperidine rings is 1. The van der Waals surface area contributed by atoms with Crippen LogP contribution in [0.15, 0.2) is 18.2 Å². The predicted molar refractivity (Wildman–Crippen MR) is 88.6 cm³/mol. The molecule has 2 aliphatic heterocycles. The first-order valence-corrected chi connectivity index (χ1v) is 9.14. The molecule has 2 heterocycles. The first-order chi connectivity index (χ1) is 10.6. The minimum absolute atomic E-state index is 0.139. The van der Waals surface area contributed by atoms with Crippen molar-refractivity contribution in [2.24, 2.45) is 5.41 Å². The number of nitrogens with zero attached hydrogens (tertiary/aromatic N) is 1. The zero-order valence-electron chi connectivity index (χ0n) is 13.3. The van der Waals surface area contributed by atoms with Gasteiger partial charge in [-0.1, -0.05) is 13.0 Å². The predicted octanol–water partition coefficient (Wildman–Crippen LogP) is 2.95. The van der Waals surface area contributed by atoms with E-state index in [-0.39, 0.29) is 11.3 Å². The molecule has 0 unspecified atom stereocenters. The van der Waals surface area contributed by atoms with Gasteiger partial charge in [-0.3, -0.25) is 4.79 Å². The molecule has 0 aromatic heterocycles. The van der Waals surface area contributed by atoms with Crippen LogP contribution in [0.25, 0.3) is 0 Å². The van der Waals surface area contributed by atoms with Gasteiger partial charge in [-0.05, 0) is 48.6 Å². The second-order valence-electron chi connectivity index (χ2n) is 6.53. The number of hydrogen-bond donors (Lipinski definition) is 0. The highest BCUT2D eigenvalue weighted by Gasteiger charge is 2.33. The Morgan fingerprint density at radius 1 is 1.36 bits per heavy atom. The van der Waals surface area contributed by atoms with Gasteiger partial charge in [0.25, 0.3) is 0 Å². The second-order valence-corrected chi connectivity index (χ2v) is 7.39. The molecule has 0 N–H and O–H groups in total. The van der Waals surface area contributed by atoms with Gasteiger partial charge in [0.05, 0.1) is 5.75 Å². The fourth-order valence-corrected chi connectivity index (χ4v) is 3.86. The molecule has 0 aliphatic carbocycles. The normalized spacial score (nSPS) is 23.6. The van der Waals surface area contributed by atoms with Crippen LogP contribution in [0.2, 0.25) is 0 Å². The number of amides is 1. The van der Waals surface area contributed by atoms with E-state index >= 15 is 0 Å². The molecular weight excluding hydrogens is 298 g/mol. The maximum absolute atomic E-state index is 12.2. The number of ether oxygens (including phenoxy) is 2. The Morgan fingerprint density at radius 3 is 3.00 bits per heavy atom. The van der Waals surface area contributed by atoms with E-state index in [9.17, 15) is 4.79 Å². The molecule has 1 aromatic carbocycles. The first-order valence-electron chi connectivity index (χ1n) is 7.75. The van der Waals surface area contributed by atoms with E-state index in [0.717, 1.165) is 43.9 Å². The number of rotatable bonds is 4. The average molecular weight is 321 g/mol. The lowest BCUT2D eigenvalue weighted by Gasteiger charge is -2.40. The molecule has 3 rings (SSSR count). The van der Waals surface area contributed by atoms with Crippen molar-refractivity contribution >= 4 is 17.7 Å². The van der Waals surface area contributed by atoms with Gasteiger partial charge in [0.15, 0.2) is 11.5 Å². The SMILES string of the molecule is CSCC(=O)N1CCC[C@@](C)(Cc2ccc3c(c2)OCO3)C1. The van der Waals surface area contributed by atoms with E-state index in [1.807, 2.05) is 17.2 Å². The van der Waals surface area contributed by atoms with Crippen molar-refractivity contribution in [2.75, 3.05) is 31.9 Å². The number of hydrogen-bond acceptors (Lipinski definition) is 4. The molecule has 0 saturated carbocycles. The van der Waals surface area contributed by atoms with E-state index in [4.69, 9.17) is 9.47 Å². The summed E-state index contributed by atoms with van der Waals surface area (Å²) in [7, 11) is 0. The third kappa shape index (κ3) is 3.35. The summed E-state index contributed by atoms with van der Waals surface area (Å²) in [5.74, 6) is 2.52. The van der Waals surface area contributed by atoms with Crippen molar-refractivity contribution in [3.63, 3.8) is 0 Å². The van der Waals surface area contributed by atoms with E-state index in [1.165, 1.54) is 5.56 Å². The fourth-order valence-electron chi connectivity index (χ4n) is 3.43. The van der Waals surface area contributed by atoms with Crippen LogP contribution in [0.3, 0.4) is 0 Å². The molecule has 2 aliphatic rings. The maximum Gasteiger partial charge on any atom is 0.232 e. The van der Waals surface area contributed by atoms with Crippen LogP contribution in [0, 0.1) is 5.41 Å². The molecular formula is C17H23NO3S. The van der Waals surface area contributed by atoms with Gasteiger partial charge in [-0.2, -0.15) is 11.8 Å². The standard InChI is InChI=1S/C17H23NO3S/c1-17(6-3-7-18(11-17)16(19)10-22-2)9-13-4-5-14-15(8-13)21-12-20-14/h4-5,8H,3,6-7,9-12H2,1-2H3/t17-/m0/s1. The topological polar surface area (TPSA) is 38.8 Å². The van der Waals surface area contributed by atoms with Crippen molar-refractivity contribution < 1.29 is 14.3 Å². The highest BCUT2D eigenvalue weighted by molar-refractivity contribution is 7.99. The summed E-state index contributed by atoms with van der Waals surface area (Å²) >= 11 is 1.60. The van der Waals surface area contributed by atoms with Gasteiger partial charge in [0.2, 0.25) is 12.7 Å². The van der Waals surface area contributed by atoms with Crippen LogP contribution in [0.4, 0.5) is 0 Å². The maximum atomic E-state index is 12.2. The summed E-state index contributed by atoms with van der Waals surface area (Å²) in [6, 6.07) is 6.18. The zero-order valence-corrected chi connectivity index (χ0v) is 14.1. The van der Waals surface area contributed by atoms with Crippen molar-refractivity contribution in [2.45, 2.75) is 26.2 Å². The molecule has 120 valence electrons. The summed E-state index contributed by atoms with van der Waals surface area (Å²) in [5, 5.41) is 0. The van der Waals surface area contributed by atoms with Gasteiger partial charge in [-0.25, -0.2) is 0 Å². The summed E-state index contributed by atoms with van der Waals surface area (Å²) in [6.07, 6.45) is 5.19. The molecule has 1 saturated heterocycles. The number of likely N-dealkylation sites (tertiary alicyclic amines) is 1. The molecule has 5 heteroatoms. The number of carbonyl (C=O) groups is 1. The Balaban J connectivity index is 1.69. The third-order valence-electron chi connectivity index (χ3n) is 4.47. The first kappa shape index (κ1) is 15.5. The molecule has 4 nitrogen and oxygen atoms in total. The number of benzene rings is 1.